The predicted octanol–water partition coefficient (Wildman–Crippen LogP) is 1.55. The van der Waals surface area contributed by atoms with E-state index in [9.17, 15) is 9.59 Å². The first-order chi connectivity index (χ1) is 9.11. The highest BCUT2D eigenvalue weighted by molar-refractivity contribution is 5.85. The number of amides is 3. The summed E-state index contributed by atoms with van der Waals surface area (Å²) in [7, 11) is 0. The summed E-state index contributed by atoms with van der Waals surface area (Å²) in [6.45, 7) is 2.40. The van der Waals surface area contributed by atoms with Gasteiger partial charge in [0.05, 0.1) is 5.41 Å². The summed E-state index contributed by atoms with van der Waals surface area (Å²) in [5.41, 5.74) is 4.88. The maximum Gasteiger partial charge on any atom is 0.333 e. The van der Waals surface area contributed by atoms with Crippen LogP contribution in [0.5, 0.6) is 0 Å². The van der Waals surface area contributed by atoms with E-state index in [2.05, 4.69) is 16.2 Å². The van der Waals surface area contributed by atoms with E-state index in [4.69, 9.17) is 0 Å². The van der Waals surface area contributed by atoms with Crippen LogP contribution in [-0.4, -0.2) is 18.5 Å². The Kier molecular flexibility index (Phi) is 3.15. The van der Waals surface area contributed by atoms with Crippen LogP contribution < -0.4 is 16.2 Å². The molecule has 0 radical (unpaired) electrons. The third-order valence-electron chi connectivity index (χ3n) is 5.15. The van der Waals surface area contributed by atoms with Gasteiger partial charge in [0, 0.05) is 6.54 Å². The van der Waals surface area contributed by atoms with E-state index in [-0.39, 0.29) is 17.4 Å². The van der Waals surface area contributed by atoms with Crippen molar-refractivity contribution in [1.82, 2.24) is 16.2 Å². The molecule has 4 fully saturated rings. The fourth-order valence-corrected chi connectivity index (χ4v) is 4.84. The van der Waals surface area contributed by atoms with Crippen LogP contribution >= 0.6 is 0 Å². The van der Waals surface area contributed by atoms with Gasteiger partial charge in [0.2, 0.25) is 5.91 Å². The molecule has 5 nitrogen and oxygen atoms in total. The Balaban J connectivity index is 1.61. The molecule has 0 aromatic carbocycles. The zero-order chi connectivity index (χ0) is 13.5. The van der Waals surface area contributed by atoms with Gasteiger partial charge < -0.3 is 5.32 Å². The van der Waals surface area contributed by atoms with E-state index in [0.29, 0.717) is 6.54 Å². The van der Waals surface area contributed by atoms with Gasteiger partial charge in [-0.2, -0.15) is 0 Å². The maximum absolute atomic E-state index is 12.5. The molecule has 4 saturated carbocycles. The van der Waals surface area contributed by atoms with Gasteiger partial charge in [-0.05, 0) is 63.2 Å². The Morgan fingerprint density at radius 2 is 1.53 bits per heavy atom. The molecule has 4 rings (SSSR count). The lowest BCUT2D eigenvalue weighted by atomic mass is 9.49. The lowest BCUT2D eigenvalue weighted by molar-refractivity contribution is -0.147. The largest absolute Gasteiger partial charge is 0.337 e. The number of rotatable bonds is 2. The molecule has 4 bridgehead atoms. The predicted molar refractivity (Wildman–Crippen MR) is 71.0 cm³/mol. The van der Waals surface area contributed by atoms with Crippen LogP contribution in [0.3, 0.4) is 0 Å². The summed E-state index contributed by atoms with van der Waals surface area (Å²) in [5, 5.41) is 2.61. The molecule has 4 aliphatic carbocycles. The monoisotopic (exact) mass is 265 g/mol. The average molecular weight is 265 g/mol. The van der Waals surface area contributed by atoms with Crippen LogP contribution in [0.4, 0.5) is 4.79 Å². The molecule has 0 saturated heterocycles. The van der Waals surface area contributed by atoms with Gasteiger partial charge in [-0.1, -0.05) is 0 Å². The van der Waals surface area contributed by atoms with Crippen molar-refractivity contribution < 1.29 is 9.59 Å². The standard InChI is InChI=1S/C14H23N3O2/c1-2-15-13(19)17-16-12(18)14-6-9-3-10(7-14)5-11(4-9)8-14/h9-11H,2-8H2,1H3,(H,16,18)(H2,15,17,19). The van der Waals surface area contributed by atoms with Gasteiger partial charge in [0.25, 0.3) is 0 Å². The first-order valence-corrected chi connectivity index (χ1v) is 7.45. The molecule has 3 N–H and O–H groups in total. The van der Waals surface area contributed by atoms with Gasteiger partial charge in [-0.3, -0.25) is 10.2 Å². The van der Waals surface area contributed by atoms with Crippen molar-refractivity contribution in [2.45, 2.75) is 45.4 Å². The first-order valence-electron chi connectivity index (χ1n) is 7.45. The third kappa shape index (κ3) is 2.30. The number of carbonyl (C=O) groups is 2. The second-order valence-electron chi connectivity index (χ2n) is 6.64. The number of hydrogen-bond acceptors (Lipinski definition) is 2. The molecular formula is C14H23N3O2. The highest BCUT2D eigenvalue weighted by Gasteiger charge is 2.54. The van der Waals surface area contributed by atoms with Crippen LogP contribution in [0.15, 0.2) is 0 Å². The van der Waals surface area contributed by atoms with Crippen molar-refractivity contribution >= 4 is 11.9 Å². The van der Waals surface area contributed by atoms with Crippen LogP contribution in [0.2, 0.25) is 0 Å². The molecule has 0 aliphatic heterocycles. The molecular weight excluding hydrogens is 242 g/mol. The fraction of sp³-hybridized carbons (Fsp3) is 0.857. The Morgan fingerprint density at radius 3 is 2.00 bits per heavy atom. The van der Waals surface area contributed by atoms with Gasteiger partial charge in [0.1, 0.15) is 0 Å². The van der Waals surface area contributed by atoms with Crippen molar-refractivity contribution in [1.29, 1.82) is 0 Å². The number of nitrogens with one attached hydrogen (secondary N) is 3. The zero-order valence-electron chi connectivity index (χ0n) is 11.5. The minimum absolute atomic E-state index is 0.0258. The number of urea groups is 1. The third-order valence-corrected chi connectivity index (χ3v) is 5.15. The molecule has 106 valence electrons. The molecule has 0 aromatic heterocycles. The highest BCUT2D eigenvalue weighted by Crippen LogP contribution is 2.59. The van der Waals surface area contributed by atoms with Gasteiger partial charge in [-0.15, -0.1) is 0 Å². The SMILES string of the molecule is CCNC(=O)NNC(=O)C12CC3CC(CC(C3)C1)C2. The summed E-state index contributed by atoms with van der Waals surface area (Å²) in [4.78, 5) is 23.8. The Bertz CT molecular complexity index is 359. The summed E-state index contributed by atoms with van der Waals surface area (Å²) >= 11 is 0. The van der Waals surface area contributed by atoms with Crippen LogP contribution in [0, 0.1) is 23.2 Å². The van der Waals surface area contributed by atoms with E-state index >= 15 is 0 Å². The molecule has 19 heavy (non-hydrogen) atoms. The Labute approximate surface area is 113 Å². The summed E-state index contributed by atoms with van der Waals surface area (Å²) in [6, 6.07) is -0.333. The number of hydrazine groups is 1. The molecule has 4 aliphatic rings. The van der Waals surface area contributed by atoms with Crippen LogP contribution in [0.25, 0.3) is 0 Å². The smallest absolute Gasteiger partial charge is 0.333 e. The Morgan fingerprint density at radius 1 is 1.00 bits per heavy atom. The molecule has 0 aromatic rings. The van der Waals surface area contributed by atoms with Crippen molar-refractivity contribution in [2.75, 3.05) is 6.54 Å². The second kappa shape index (κ2) is 4.69. The average Bonchev–Trinajstić information content (AvgIpc) is 2.34. The quantitative estimate of drug-likeness (QED) is 0.663. The molecule has 5 heteroatoms. The van der Waals surface area contributed by atoms with E-state index in [1.54, 1.807) is 0 Å². The van der Waals surface area contributed by atoms with Crippen LogP contribution in [-0.2, 0) is 4.79 Å². The minimum Gasteiger partial charge on any atom is -0.337 e. The van der Waals surface area contributed by atoms with E-state index < -0.39 is 0 Å². The lowest BCUT2D eigenvalue weighted by Crippen LogP contribution is -2.57. The van der Waals surface area contributed by atoms with Gasteiger partial charge >= 0.3 is 6.03 Å². The van der Waals surface area contributed by atoms with Crippen molar-refractivity contribution in [3.8, 4) is 0 Å². The molecule has 0 unspecified atom stereocenters. The van der Waals surface area contributed by atoms with Gasteiger partial charge in [0.15, 0.2) is 0 Å². The fourth-order valence-electron chi connectivity index (χ4n) is 4.84. The zero-order valence-corrected chi connectivity index (χ0v) is 11.5. The van der Waals surface area contributed by atoms with E-state index in [1.807, 2.05) is 6.92 Å². The van der Waals surface area contributed by atoms with E-state index in [1.165, 1.54) is 19.3 Å². The molecule has 0 spiro atoms. The summed E-state index contributed by atoms with van der Waals surface area (Å²) in [5.74, 6) is 2.24. The Hall–Kier alpha value is -1.26. The van der Waals surface area contributed by atoms with Crippen molar-refractivity contribution in [3.05, 3.63) is 0 Å². The topological polar surface area (TPSA) is 70.2 Å². The van der Waals surface area contributed by atoms with Crippen molar-refractivity contribution in [3.63, 3.8) is 0 Å². The summed E-state index contributed by atoms with van der Waals surface area (Å²) in [6.07, 6.45) is 6.99. The lowest BCUT2D eigenvalue weighted by Gasteiger charge is -2.55. The minimum atomic E-state index is -0.333. The van der Waals surface area contributed by atoms with Gasteiger partial charge in [-0.25, -0.2) is 10.2 Å². The van der Waals surface area contributed by atoms with Crippen LogP contribution in [0.1, 0.15) is 45.4 Å². The second-order valence-corrected chi connectivity index (χ2v) is 6.64. The highest BCUT2D eigenvalue weighted by atomic mass is 16.2. The molecule has 0 heterocycles. The van der Waals surface area contributed by atoms with E-state index in [0.717, 1.165) is 37.0 Å². The first kappa shape index (κ1) is 12.8. The number of carbonyl (C=O) groups excluding carboxylic acids is 2. The summed E-state index contributed by atoms with van der Waals surface area (Å²) < 4.78 is 0. The normalized spacial score (nSPS) is 38.9. The molecule has 0 atom stereocenters. The maximum atomic E-state index is 12.5. The molecule has 3 amide bonds. The van der Waals surface area contributed by atoms with Crippen molar-refractivity contribution in [2.24, 2.45) is 23.2 Å². The number of hydrogen-bond donors (Lipinski definition) is 3.